The van der Waals surface area contributed by atoms with Gasteiger partial charge in [-0.15, -0.1) is 0 Å². The van der Waals surface area contributed by atoms with Crippen LogP contribution in [0.2, 0.25) is 0 Å². The standard InChI is InChI=1S/C21H23NO2/c1-3-4-12-24-21(23)14-18-15(2)22-20-11-10-17(13-19(18)20)16-8-6-5-7-9-16/h5-11,13,22H,3-4,12,14H2,1-2H3. The van der Waals surface area contributed by atoms with Crippen LogP contribution >= 0.6 is 0 Å². The van der Waals surface area contributed by atoms with E-state index in [4.69, 9.17) is 4.74 Å². The third-order valence-corrected chi connectivity index (χ3v) is 4.31. The maximum Gasteiger partial charge on any atom is 0.310 e. The number of nitrogens with one attached hydrogen (secondary N) is 1. The molecule has 0 radical (unpaired) electrons. The van der Waals surface area contributed by atoms with Crippen LogP contribution in [0.15, 0.2) is 48.5 Å². The second-order valence-electron chi connectivity index (χ2n) is 6.11. The molecular formula is C21H23NO2. The van der Waals surface area contributed by atoms with Gasteiger partial charge >= 0.3 is 5.97 Å². The molecule has 3 aromatic rings. The van der Waals surface area contributed by atoms with Crippen LogP contribution < -0.4 is 0 Å². The molecule has 0 saturated heterocycles. The molecule has 0 atom stereocenters. The summed E-state index contributed by atoms with van der Waals surface area (Å²) in [7, 11) is 0. The van der Waals surface area contributed by atoms with Crippen molar-refractivity contribution < 1.29 is 9.53 Å². The molecule has 3 rings (SSSR count). The van der Waals surface area contributed by atoms with E-state index in [-0.39, 0.29) is 5.97 Å². The van der Waals surface area contributed by atoms with Crippen LogP contribution in [0.3, 0.4) is 0 Å². The number of benzene rings is 2. The molecule has 0 fully saturated rings. The average molecular weight is 321 g/mol. The van der Waals surface area contributed by atoms with Crippen LogP contribution in [-0.2, 0) is 16.0 Å². The lowest BCUT2D eigenvalue weighted by atomic mass is 10.0. The van der Waals surface area contributed by atoms with Gasteiger partial charge in [-0.25, -0.2) is 0 Å². The summed E-state index contributed by atoms with van der Waals surface area (Å²) in [5.41, 5.74) is 5.45. The maximum absolute atomic E-state index is 12.1. The Balaban J connectivity index is 1.90. The van der Waals surface area contributed by atoms with Crippen molar-refractivity contribution in [3.8, 4) is 11.1 Å². The smallest absolute Gasteiger partial charge is 0.310 e. The molecule has 3 nitrogen and oxygen atoms in total. The van der Waals surface area contributed by atoms with Crippen molar-refractivity contribution in [2.75, 3.05) is 6.61 Å². The fourth-order valence-electron chi connectivity index (χ4n) is 2.95. The van der Waals surface area contributed by atoms with Gasteiger partial charge < -0.3 is 9.72 Å². The van der Waals surface area contributed by atoms with E-state index in [0.29, 0.717) is 13.0 Å². The van der Waals surface area contributed by atoms with Gasteiger partial charge in [-0.3, -0.25) is 4.79 Å². The van der Waals surface area contributed by atoms with Crippen molar-refractivity contribution >= 4 is 16.9 Å². The van der Waals surface area contributed by atoms with Gasteiger partial charge in [-0.2, -0.15) is 0 Å². The molecule has 0 spiro atoms. The van der Waals surface area contributed by atoms with Crippen LogP contribution in [0.5, 0.6) is 0 Å². The molecule has 2 aromatic carbocycles. The largest absolute Gasteiger partial charge is 0.465 e. The fourth-order valence-corrected chi connectivity index (χ4v) is 2.95. The number of aryl methyl sites for hydroxylation is 1. The molecule has 3 heteroatoms. The first-order chi connectivity index (χ1) is 11.7. The quantitative estimate of drug-likeness (QED) is 0.511. The number of rotatable bonds is 6. The van der Waals surface area contributed by atoms with Crippen LogP contribution in [0.1, 0.15) is 31.0 Å². The summed E-state index contributed by atoms with van der Waals surface area (Å²) in [5, 5.41) is 1.10. The molecule has 0 bridgehead atoms. The van der Waals surface area contributed by atoms with E-state index in [2.05, 4.69) is 42.2 Å². The lowest BCUT2D eigenvalue weighted by Crippen LogP contribution is -2.09. The van der Waals surface area contributed by atoms with Crippen LogP contribution in [-0.4, -0.2) is 17.6 Å². The topological polar surface area (TPSA) is 42.1 Å². The van der Waals surface area contributed by atoms with Crippen LogP contribution in [0.25, 0.3) is 22.0 Å². The number of carbonyl (C=O) groups excluding carboxylic acids is 1. The number of ether oxygens (including phenoxy) is 1. The van der Waals surface area contributed by atoms with Crippen molar-refractivity contribution in [1.82, 2.24) is 4.98 Å². The Labute approximate surface area is 142 Å². The zero-order valence-electron chi connectivity index (χ0n) is 14.3. The van der Waals surface area contributed by atoms with Crippen LogP contribution in [0.4, 0.5) is 0 Å². The number of carbonyl (C=O) groups is 1. The molecule has 0 unspecified atom stereocenters. The first-order valence-corrected chi connectivity index (χ1v) is 8.51. The lowest BCUT2D eigenvalue weighted by Gasteiger charge is -2.06. The molecule has 1 aromatic heterocycles. The second-order valence-corrected chi connectivity index (χ2v) is 6.11. The third-order valence-electron chi connectivity index (χ3n) is 4.31. The first kappa shape index (κ1) is 16.3. The molecule has 124 valence electrons. The molecule has 1 N–H and O–H groups in total. The van der Waals surface area contributed by atoms with E-state index in [1.165, 1.54) is 5.56 Å². The first-order valence-electron chi connectivity index (χ1n) is 8.51. The minimum atomic E-state index is -0.155. The summed E-state index contributed by atoms with van der Waals surface area (Å²) in [6.07, 6.45) is 2.25. The van der Waals surface area contributed by atoms with E-state index in [9.17, 15) is 4.79 Å². The summed E-state index contributed by atoms with van der Waals surface area (Å²) < 4.78 is 5.32. The Bertz CT molecular complexity index is 834. The zero-order valence-corrected chi connectivity index (χ0v) is 14.3. The fraction of sp³-hybridized carbons (Fsp3) is 0.286. The predicted molar refractivity (Wildman–Crippen MR) is 98.0 cm³/mol. The summed E-state index contributed by atoms with van der Waals surface area (Å²) in [6, 6.07) is 16.6. The van der Waals surface area contributed by atoms with Gasteiger partial charge in [0.25, 0.3) is 0 Å². The van der Waals surface area contributed by atoms with Gasteiger partial charge in [0.15, 0.2) is 0 Å². The molecular weight excluding hydrogens is 298 g/mol. The Hall–Kier alpha value is -2.55. The zero-order chi connectivity index (χ0) is 16.9. The van der Waals surface area contributed by atoms with Crippen LogP contribution in [0, 0.1) is 6.92 Å². The van der Waals surface area contributed by atoms with Gasteiger partial charge in [0, 0.05) is 16.6 Å². The summed E-state index contributed by atoms with van der Waals surface area (Å²) in [6.45, 7) is 4.60. The number of esters is 1. The average Bonchev–Trinajstić information content (AvgIpc) is 2.91. The number of unbranched alkanes of at least 4 members (excludes halogenated alkanes) is 1. The normalized spacial score (nSPS) is 10.9. The highest BCUT2D eigenvalue weighted by molar-refractivity contribution is 5.91. The minimum Gasteiger partial charge on any atom is -0.465 e. The summed E-state index contributed by atoms with van der Waals surface area (Å²) in [4.78, 5) is 15.5. The highest BCUT2D eigenvalue weighted by atomic mass is 16.5. The van der Waals surface area contributed by atoms with E-state index in [0.717, 1.165) is 40.6 Å². The van der Waals surface area contributed by atoms with E-state index < -0.39 is 0 Å². The van der Waals surface area contributed by atoms with E-state index in [1.807, 2.05) is 25.1 Å². The lowest BCUT2D eigenvalue weighted by molar-refractivity contribution is -0.142. The Morgan fingerprint density at radius 2 is 1.88 bits per heavy atom. The number of aromatic amines is 1. The number of aromatic nitrogens is 1. The van der Waals surface area contributed by atoms with Gasteiger partial charge in [0.1, 0.15) is 0 Å². The predicted octanol–water partition coefficient (Wildman–Crippen LogP) is 5.03. The monoisotopic (exact) mass is 321 g/mol. The number of hydrogen-bond donors (Lipinski definition) is 1. The van der Waals surface area contributed by atoms with Crippen molar-refractivity contribution in [2.24, 2.45) is 0 Å². The summed E-state index contributed by atoms with van der Waals surface area (Å²) in [5.74, 6) is -0.155. The molecule has 0 aliphatic rings. The third kappa shape index (κ3) is 3.51. The molecule has 0 amide bonds. The van der Waals surface area contributed by atoms with Crippen molar-refractivity contribution in [1.29, 1.82) is 0 Å². The van der Waals surface area contributed by atoms with Crippen molar-refractivity contribution in [3.05, 3.63) is 59.8 Å². The minimum absolute atomic E-state index is 0.155. The van der Waals surface area contributed by atoms with E-state index in [1.54, 1.807) is 0 Å². The second kappa shape index (κ2) is 7.35. The number of fused-ring (bicyclic) bond motifs is 1. The number of hydrogen-bond acceptors (Lipinski definition) is 2. The van der Waals surface area contributed by atoms with Crippen molar-refractivity contribution in [3.63, 3.8) is 0 Å². The van der Waals surface area contributed by atoms with Gasteiger partial charge in [-0.05, 0) is 42.2 Å². The Morgan fingerprint density at radius 3 is 2.62 bits per heavy atom. The molecule has 0 saturated carbocycles. The van der Waals surface area contributed by atoms with Gasteiger partial charge in [-0.1, -0.05) is 49.7 Å². The summed E-state index contributed by atoms with van der Waals surface area (Å²) >= 11 is 0. The Kier molecular flexibility index (Phi) is 4.99. The molecule has 0 aliphatic heterocycles. The molecule has 24 heavy (non-hydrogen) atoms. The molecule has 1 heterocycles. The Morgan fingerprint density at radius 1 is 1.08 bits per heavy atom. The molecule has 0 aliphatic carbocycles. The maximum atomic E-state index is 12.1. The highest BCUT2D eigenvalue weighted by Crippen LogP contribution is 2.28. The van der Waals surface area contributed by atoms with E-state index >= 15 is 0 Å². The number of H-pyrrole nitrogens is 1. The highest BCUT2D eigenvalue weighted by Gasteiger charge is 2.14. The van der Waals surface area contributed by atoms with Gasteiger partial charge in [0.2, 0.25) is 0 Å². The van der Waals surface area contributed by atoms with Crippen molar-refractivity contribution in [2.45, 2.75) is 33.1 Å². The van der Waals surface area contributed by atoms with Gasteiger partial charge in [0.05, 0.1) is 13.0 Å². The SMILES string of the molecule is CCCCOC(=O)Cc1c(C)[nH]c2ccc(-c3ccccc3)cc12.